The number of aromatic nitrogens is 1. The normalized spacial score (nSPS) is 14.4. The second kappa shape index (κ2) is 6.80. The number of hydrogen-bond acceptors (Lipinski definition) is 4. The molecule has 2 amide bonds. The van der Waals surface area contributed by atoms with E-state index in [1.165, 1.54) is 11.5 Å². The Kier molecular flexibility index (Phi) is 4.56. The van der Waals surface area contributed by atoms with E-state index in [-0.39, 0.29) is 11.8 Å². The van der Waals surface area contributed by atoms with Gasteiger partial charge in [-0.2, -0.15) is 0 Å². The average Bonchev–Trinajstić information content (AvgIpc) is 3.11. The van der Waals surface area contributed by atoms with Crippen molar-refractivity contribution in [2.24, 2.45) is 5.73 Å². The Bertz CT molecular complexity index is 802. The minimum Gasteiger partial charge on any atom is -0.368 e. The standard InChI is InChI=1S/C18H20N4O3/c1-13(23)22-8-2-3-16(22)18(25)21-11-9-20(10-12-21)15-6-4-14(5-7-15)17(19)24/h2-8H,9-12H2,1H3,(H2,19,24). The van der Waals surface area contributed by atoms with Crippen LogP contribution >= 0.6 is 0 Å². The Morgan fingerprint density at radius 1 is 0.960 bits per heavy atom. The number of primary amides is 1. The van der Waals surface area contributed by atoms with E-state index in [2.05, 4.69) is 4.90 Å². The maximum Gasteiger partial charge on any atom is 0.271 e. The van der Waals surface area contributed by atoms with Gasteiger partial charge in [-0.1, -0.05) is 0 Å². The van der Waals surface area contributed by atoms with Gasteiger partial charge in [-0.15, -0.1) is 0 Å². The summed E-state index contributed by atoms with van der Waals surface area (Å²) in [4.78, 5) is 39.2. The maximum absolute atomic E-state index is 12.6. The zero-order chi connectivity index (χ0) is 18.0. The van der Waals surface area contributed by atoms with Crippen LogP contribution in [0.2, 0.25) is 0 Å². The van der Waals surface area contributed by atoms with E-state index in [1.54, 1.807) is 35.4 Å². The molecule has 1 aromatic carbocycles. The SMILES string of the molecule is CC(=O)n1cccc1C(=O)N1CCN(c2ccc(C(N)=O)cc2)CC1. The molecule has 130 valence electrons. The summed E-state index contributed by atoms with van der Waals surface area (Å²) in [6, 6.07) is 10.5. The smallest absolute Gasteiger partial charge is 0.271 e. The number of carbonyl (C=O) groups excluding carboxylic acids is 3. The zero-order valence-corrected chi connectivity index (χ0v) is 14.0. The van der Waals surface area contributed by atoms with Crippen LogP contribution in [0, 0.1) is 0 Å². The number of amides is 2. The third kappa shape index (κ3) is 3.40. The van der Waals surface area contributed by atoms with Gasteiger partial charge in [0, 0.05) is 50.6 Å². The first kappa shape index (κ1) is 16.8. The van der Waals surface area contributed by atoms with E-state index in [0.29, 0.717) is 37.4 Å². The fourth-order valence-corrected chi connectivity index (χ4v) is 3.00. The van der Waals surface area contributed by atoms with Crippen molar-refractivity contribution in [3.63, 3.8) is 0 Å². The summed E-state index contributed by atoms with van der Waals surface area (Å²) in [6.45, 7) is 3.94. The van der Waals surface area contributed by atoms with Crippen LogP contribution < -0.4 is 10.6 Å². The first-order valence-electron chi connectivity index (χ1n) is 8.10. The van der Waals surface area contributed by atoms with Gasteiger partial charge in [-0.3, -0.25) is 19.0 Å². The molecule has 7 nitrogen and oxygen atoms in total. The van der Waals surface area contributed by atoms with Gasteiger partial charge in [-0.05, 0) is 36.4 Å². The highest BCUT2D eigenvalue weighted by molar-refractivity contribution is 5.97. The summed E-state index contributed by atoms with van der Waals surface area (Å²) in [7, 11) is 0. The fourth-order valence-electron chi connectivity index (χ4n) is 3.00. The highest BCUT2D eigenvalue weighted by atomic mass is 16.2. The molecule has 0 saturated carbocycles. The van der Waals surface area contributed by atoms with Gasteiger partial charge in [0.1, 0.15) is 5.69 Å². The average molecular weight is 340 g/mol. The molecule has 1 aliphatic rings. The Hall–Kier alpha value is -3.09. The molecule has 0 bridgehead atoms. The number of anilines is 1. The van der Waals surface area contributed by atoms with Crippen LogP contribution in [-0.4, -0.2) is 53.4 Å². The van der Waals surface area contributed by atoms with Crippen molar-refractivity contribution >= 4 is 23.4 Å². The molecule has 0 spiro atoms. The molecular weight excluding hydrogens is 320 g/mol. The molecule has 1 aromatic heterocycles. The molecule has 0 unspecified atom stereocenters. The topological polar surface area (TPSA) is 88.6 Å². The van der Waals surface area contributed by atoms with Crippen molar-refractivity contribution < 1.29 is 14.4 Å². The van der Waals surface area contributed by atoms with Crippen LogP contribution in [-0.2, 0) is 0 Å². The first-order valence-corrected chi connectivity index (χ1v) is 8.10. The number of hydrogen-bond donors (Lipinski definition) is 1. The van der Waals surface area contributed by atoms with Crippen molar-refractivity contribution in [1.29, 1.82) is 0 Å². The monoisotopic (exact) mass is 340 g/mol. The summed E-state index contributed by atoms with van der Waals surface area (Å²) in [6.07, 6.45) is 1.60. The summed E-state index contributed by atoms with van der Waals surface area (Å²) in [5.74, 6) is -0.763. The highest BCUT2D eigenvalue weighted by Gasteiger charge is 2.24. The quantitative estimate of drug-likeness (QED) is 0.909. The minimum atomic E-state index is -0.449. The van der Waals surface area contributed by atoms with Gasteiger partial charge in [0.05, 0.1) is 0 Å². The molecular formula is C18H20N4O3. The number of nitrogens with two attached hydrogens (primary N) is 1. The predicted octanol–water partition coefficient (Wildman–Crippen LogP) is 1.21. The van der Waals surface area contributed by atoms with Crippen LogP contribution in [0.3, 0.4) is 0 Å². The number of rotatable bonds is 3. The molecule has 2 heterocycles. The number of piperazine rings is 1. The summed E-state index contributed by atoms with van der Waals surface area (Å²) >= 11 is 0. The van der Waals surface area contributed by atoms with Crippen LogP contribution in [0.15, 0.2) is 42.6 Å². The van der Waals surface area contributed by atoms with E-state index < -0.39 is 5.91 Å². The summed E-state index contributed by atoms with van der Waals surface area (Å²) in [5, 5.41) is 0. The molecule has 1 fully saturated rings. The molecule has 0 aliphatic carbocycles. The van der Waals surface area contributed by atoms with E-state index in [9.17, 15) is 14.4 Å². The lowest BCUT2D eigenvalue weighted by molar-refractivity contribution is 0.0724. The van der Waals surface area contributed by atoms with Gasteiger partial charge < -0.3 is 15.5 Å². The molecule has 1 aliphatic heterocycles. The zero-order valence-electron chi connectivity index (χ0n) is 14.0. The van der Waals surface area contributed by atoms with Gasteiger partial charge in [0.15, 0.2) is 0 Å². The van der Waals surface area contributed by atoms with E-state index >= 15 is 0 Å². The minimum absolute atomic E-state index is 0.135. The van der Waals surface area contributed by atoms with Crippen LogP contribution in [0.5, 0.6) is 0 Å². The van der Waals surface area contributed by atoms with Crippen LogP contribution in [0.25, 0.3) is 0 Å². The van der Waals surface area contributed by atoms with Crippen LogP contribution in [0.1, 0.15) is 32.6 Å². The molecule has 2 N–H and O–H groups in total. The van der Waals surface area contributed by atoms with E-state index in [4.69, 9.17) is 5.73 Å². The third-order valence-electron chi connectivity index (χ3n) is 4.39. The van der Waals surface area contributed by atoms with E-state index in [0.717, 1.165) is 5.69 Å². The van der Waals surface area contributed by atoms with Gasteiger partial charge in [0.25, 0.3) is 5.91 Å². The van der Waals surface area contributed by atoms with Crippen molar-refractivity contribution in [2.45, 2.75) is 6.92 Å². The first-order chi connectivity index (χ1) is 12.0. The van der Waals surface area contributed by atoms with Crippen molar-refractivity contribution in [1.82, 2.24) is 9.47 Å². The van der Waals surface area contributed by atoms with Gasteiger partial charge in [-0.25, -0.2) is 0 Å². The lowest BCUT2D eigenvalue weighted by Gasteiger charge is -2.36. The molecule has 2 aromatic rings. The molecule has 0 atom stereocenters. The Morgan fingerprint density at radius 2 is 1.60 bits per heavy atom. The number of benzene rings is 1. The van der Waals surface area contributed by atoms with Gasteiger partial charge in [0.2, 0.25) is 11.8 Å². The molecule has 0 radical (unpaired) electrons. The molecule has 25 heavy (non-hydrogen) atoms. The van der Waals surface area contributed by atoms with Crippen molar-refractivity contribution in [3.05, 3.63) is 53.9 Å². The fraction of sp³-hybridized carbons (Fsp3) is 0.278. The van der Waals surface area contributed by atoms with Crippen molar-refractivity contribution in [2.75, 3.05) is 31.1 Å². The summed E-state index contributed by atoms with van der Waals surface area (Å²) in [5.41, 5.74) is 7.11. The second-order valence-corrected chi connectivity index (χ2v) is 5.97. The Morgan fingerprint density at radius 3 is 2.16 bits per heavy atom. The van der Waals surface area contributed by atoms with Crippen LogP contribution in [0.4, 0.5) is 5.69 Å². The Balaban J connectivity index is 1.65. The lowest BCUT2D eigenvalue weighted by Crippen LogP contribution is -2.49. The molecule has 7 heteroatoms. The maximum atomic E-state index is 12.6. The van der Waals surface area contributed by atoms with E-state index in [1.807, 2.05) is 12.1 Å². The predicted molar refractivity (Wildman–Crippen MR) is 93.8 cm³/mol. The summed E-state index contributed by atoms with van der Waals surface area (Å²) < 4.78 is 1.37. The molecule has 1 saturated heterocycles. The van der Waals surface area contributed by atoms with Gasteiger partial charge >= 0.3 is 0 Å². The largest absolute Gasteiger partial charge is 0.368 e. The van der Waals surface area contributed by atoms with Crippen molar-refractivity contribution in [3.8, 4) is 0 Å². The Labute approximate surface area is 145 Å². The number of carbonyl (C=O) groups is 3. The third-order valence-corrected chi connectivity index (χ3v) is 4.39. The lowest BCUT2D eigenvalue weighted by atomic mass is 10.1. The molecule has 3 rings (SSSR count). The second-order valence-electron chi connectivity index (χ2n) is 5.97. The highest BCUT2D eigenvalue weighted by Crippen LogP contribution is 2.18. The number of nitrogens with zero attached hydrogens (tertiary/aromatic N) is 3.